The van der Waals surface area contributed by atoms with Crippen LogP contribution in [0.2, 0.25) is 0 Å². The Morgan fingerprint density at radius 1 is 1.19 bits per heavy atom. The molecule has 0 aliphatic carbocycles. The lowest BCUT2D eigenvalue weighted by atomic mass is 10.1. The molecule has 4 nitrogen and oxygen atoms in total. The van der Waals surface area contributed by atoms with Crippen LogP contribution < -0.4 is 10.0 Å². The fourth-order valence-electron chi connectivity index (χ4n) is 2.01. The van der Waals surface area contributed by atoms with Crippen molar-refractivity contribution >= 4 is 21.4 Å². The van der Waals surface area contributed by atoms with E-state index in [0.29, 0.717) is 18.0 Å². The van der Waals surface area contributed by atoms with Gasteiger partial charge in [-0.3, -0.25) is 0 Å². The number of nitrogens with one attached hydrogen (secondary N) is 2. The molecule has 2 N–H and O–H groups in total. The summed E-state index contributed by atoms with van der Waals surface area (Å²) in [6.45, 7) is 5.69. The Morgan fingerprint density at radius 2 is 2.00 bits per heavy atom. The van der Waals surface area contributed by atoms with Crippen molar-refractivity contribution in [1.82, 2.24) is 10.0 Å². The van der Waals surface area contributed by atoms with Crippen LogP contribution in [0.4, 0.5) is 0 Å². The Bertz CT molecular complexity index is 693. The molecule has 0 saturated carbocycles. The van der Waals surface area contributed by atoms with Gasteiger partial charge in [-0.2, -0.15) is 0 Å². The molecule has 0 unspecified atom stereocenters. The molecule has 0 aliphatic heterocycles. The molecule has 0 bridgehead atoms. The fraction of sp³-hybridized carbons (Fsp3) is 0.333. The molecule has 1 aromatic heterocycles. The fourth-order valence-corrected chi connectivity index (χ4v) is 4.44. The maximum Gasteiger partial charge on any atom is 0.242 e. The second kappa shape index (κ2) is 7.17. The van der Waals surface area contributed by atoms with Gasteiger partial charge in [-0.25, -0.2) is 13.1 Å². The third-order valence-corrected chi connectivity index (χ3v) is 5.61. The molecule has 0 amide bonds. The summed E-state index contributed by atoms with van der Waals surface area (Å²) in [5.74, 6) is 0. The summed E-state index contributed by atoms with van der Waals surface area (Å²) >= 11 is 1.46. The van der Waals surface area contributed by atoms with E-state index in [-0.39, 0.29) is 0 Å². The lowest BCUT2D eigenvalue weighted by Crippen LogP contribution is -2.24. The summed E-state index contributed by atoms with van der Waals surface area (Å²) in [4.78, 5) is 1.22. The molecule has 6 heteroatoms. The summed E-state index contributed by atoms with van der Waals surface area (Å²) in [6, 6.07) is 9.49. The topological polar surface area (TPSA) is 58.2 Å². The first-order valence-corrected chi connectivity index (χ1v) is 9.21. The van der Waals surface area contributed by atoms with E-state index >= 15 is 0 Å². The van der Waals surface area contributed by atoms with Crippen LogP contribution in [-0.4, -0.2) is 15.0 Å². The van der Waals surface area contributed by atoms with Crippen LogP contribution in [0.25, 0.3) is 0 Å². The van der Waals surface area contributed by atoms with Crippen molar-refractivity contribution in [2.45, 2.75) is 31.8 Å². The van der Waals surface area contributed by atoms with Crippen LogP contribution in [0, 0.1) is 6.92 Å². The maximum atomic E-state index is 12.4. The third kappa shape index (κ3) is 4.38. The SMILES string of the molecule is CCNCc1sccc1S(=O)(=O)NCc1cccc(C)c1. The lowest BCUT2D eigenvalue weighted by molar-refractivity contribution is 0.579. The Labute approximate surface area is 130 Å². The number of thiophene rings is 1. The zero-order valence-electron chi connectivity index (χ0n) is 12.2. The highest BCUT2D eigenvalue weighted by atomic mass is 32.2. The van der Waals surface area contributed by atoms with Crippen LogP contribution in [0.15, 0.2) is 40.6 Å². The first kappa shape index (κ1) is 16.2. The van der Waals surface area contributed by atoms with Crippen molar-refractivity contribution in [2.24, 2.45) is 0 Å². The number of hydrogen-bond donors (Lipinski definition) is 2. The van der Waals surface area contributed by atoms with E-state index in [1.54, 1.807) is 6.07 Å². The summed E-state index contributed by atoms with van der Waals surface area (Å²) in [6.07, 6.45) is 0. The van der Waals surface area contributed by atoms with Gasteiger partial charge in [0, 0.05) is 18.0 Å². The van der Waals surface area contributed by atoms with E-state index < -0.39 is 10.0 Å². The number of rotatable bonds is 7. The number of benzene rings is 1. The van der Waals surface area contributed by atoms with E-state index in [1.807, 2.05) is 43.5 Å². The number of sulfonamides is 1. The minimum atomic E-state index is -3.47. The molecule has 2 rings (SSSR count). The van der Waals surface area contributed by atoms with E-state index in [4.69, 9.17) is 0 Å². The van der Waals surface area contributed by atoms with Crippen LogP contribution >= 0.6 is 11.3 Å². The highest BCUT2D eigenvalue weighted by Gasteiger charge is 2.19. The van der Waals surface area contributed by atoms with Crippen molar-refractivity contribution in [3.8, 4) is 0 Å². The van der Waals surface area contributed by atoms with Gasteiger partial charge in [0.15, 0.2) is 0 Å². The number of hydrogen-bond acceptors (Lipinski definition) is 4. The quantitative estimate of drug-likeness (QED) is 0.823. The van der Waals surface area contributed by atoms with Crippen molar-refractivity contribution < 1.29 is 8.42 Å². The van der Waals surface area contributed by atoms with Gasteiger partial charge < -0.3 is 5.32 Å². The summed E-state index contributed by atoms with van der Waals surface area (Å²) in [7, 11) is -3.47. The molecule has 0 radical (unpaired) electrons. The highest BCUT2D eigenvalue weighted by molar-refractivity contribution is 7.89. The average molecular weight is 324 g/mol. The second-order valence-corrected chi connectivity index (χ2v) is 7.54. The molecular weight excluding hydrogens is 304 g/mol. The van der Waals surface area contributed by atoms with E-state index in [2.05, 4.69) is 10.0 Å². The molecule has 1 aromatic carbocycles. The summed E-state index contributed by atoms with van der Waals surface area (Å²) in [5.41, 5.74) is 2.08. The Hall–Kier alpha value is -1.21. The molecule has 2 aromatic rings. The van der Waals surface area contributed by atoms with Gasteiger partial charge in [-0.05, 0) is 30.5 Å². The predicted molar refractivity (Wildman–Crippen MR) is 86.9 cm³/mol. The van der Waals surface area contributed by atoms with E-state index in [0.717, 1.165) is 22.5 Å². The molecule has 114 valence electrons. The van der Waals surface area contributed by atoms with Gasteiger partial charge in [0.05, 0.1) is 4.90 Å². The Morgan fingerprint density at radius 3 is 2.71 bits per heavy atom. The largest absolute Gasteiger partial charge is 0.312 e. The van der Waals surface area contributed by atoms with Crippen LogP contribution in [-0.2, 0) is 23.1 Å². The minimum Gasteiger partial charge on any atom is -0.312 e. The van der Waals surface area contributed by atoms with Crippen molar-refractivity contribution in [3.63, 3.8) is 0 Å². The molecular formula is C15H20N2O2S2. The van der Waals surface area contributed by atoms with Gasteiger partial charge in [-0.1, -0.05) is 36.8 Å². The molecule has 0 saturated heterocycles. The third-order valence-electron chi connectivity index (χ3n) is 3.08. The predicted octanol–water partition coefficient (Wildman–Crippen LogP) is 2.64. The van der Waals surface area contributed by atoms with E-state index in [1.165, 1.54) is 11.3 Å². The average Bonchev–Trinajstić information content (AvgIpc) is 2.92. The smallest absolute Gasteiger partial charge is 0.242 e. The monoisotopic (exact) mass is 324 g/mol. The van der Waals surface area contributed by atoms with Gasteiger partial charge in [0.1, 0.15) is 0 Å². The lowest BCUT2D eigenvalue weighted by Gasteiger charge is -2.08. The first-order chi connectivity index (χ1) is 10.0. The van der Waals surface area contributed by atoms with E-state index in [9.17, 15) is 8.42 Å². The molecule has 21 heavy (non-hydrogen) atoms. The van der Waals surface area contributed by atoms with Crippen molar-refractivity contribution in [3.05, 3.63) is 51.7 Å². The van der Waals surface area contributed by atoms with Gasteiger partial charge in [0.25, 0.3) is 0 Å². The maximum absolute atomic E-state index is 12.4. The zero-order chi connectivity index (χ0) is 15.3. The normalized spacial score (nSPS) is 11.7. The molecule has 0 fully saturated rings. The molecule has 0 atom stereocenters. The first-order valence-electron chi connectivity index (χ1n) is 6.85. The van der Waals surface area contributed by atoms with Crippen molar-refractivity contribution in [1.29, 1.82) is 0 Å². The van der Waals surface area contributed by atoms with Crippen LogP contribution in [0.1, 0.15) is 22.9 Å². The molecule has 1 heterocycles. The minimum absolute atomic E-state index is 0.306. The Balaban J connectivity index is 2.10. The van der Waals surface area contributed by atoms with Gasteiger partial charge in [-0.15, -0.1) is 11.3 Å². The zero-order valence-corrected chi connectivity index (χ0v) is 13.9. The molecule has 0 aliphatic rings. The Kier molecular flexibility index (Phi) is 5.52. The number of aryl methyl sites for hydroxylation is 1. The second-order valence-electron chi connectivity index (χ2n) is 4.80. The van der Waals surface area contributed by atoms with Crippen LogP contribution in [0.3, 0.4) is 0 Å². The highest BCUT2D eigenvalue weighted by Crippen LogP contribution is 2.22. The van der Waals surface area contributed by atoms with Gasteiger partial charge >= 0.3 is 0 Å². The van der Waals surface area contributed by atoms with Crippen LogP contribution in [0.5, 0.6) is 0 Å². The van der Waals surface area contributed by atoms with Crippen molar-refractivity contribution in [2.75, 3.05) is 6.54 Å². The summed E-state index contributed by atoms with van der Waals surface area (Å²) < 4.78 is 27.5. The summed E-state index contributed by atoms with van der Waals surface area (Å²) in [5, 5.41) is 4.98. The molecule has 0 spiro atoms. The standard InChI is InChI=1S/C15H20N2O2S2/c1-3-16-11-14-15(7-8-20-14)21(18,19)17-10-13-6-4-5-12(2)9-13/h4-9,16-17H,3,10-11H2,1-2H3. The van der Waals surface area contributed by atoms with Gasteiger partial charge in [0.2, 0.25) is 10.0 Å².